The van der Waals surface area contributed by atoms with Crippen molar-refractivity contribution in [2.75, 3.05) is 11.1 Å². The third-order valence-corrected chi connectivity index (χ3v) is 3.41. The number of aryl methyl sites for hydroxylation is 1. The zero-order chi connectivity index (χ0) is 10.8. The van der Waals surface area contributed by atoms with Gasteiger partial charge in [-0.1, -0.05) is 19.4 Å². The fraction of sp³-hybridized carbons (Fsp3) is 0.538. The Balaban J connectivity index is 2.12. The van der Waals surface area contributed by atoms with Crippen LogP contribution in [0.25, 0.3) is 0 Å². The molecule has 2 unspecified atom stereocenters. The summed E-state index contributed by atoms with van der Waals surface area (Å²) in [6.07, 6.45) is 3.95. The van der Waals surface area contributed by atoms with E-state index in [1.807, 2.05) is 6.07 Å². The van der Waals surface area contributed by atoms with Crippen LogP contribution in [0.3, 0.4) is 0 Å². The number of rotatable bonds is 2. The van der Waals surface area contributed by atoms with Crippen molar-refractivity contribution in [3.8, 4) is 0 Å². The molecule has 2 rings (SSSR count). The molecule has 1 aromatic rings. The summed E-state index contributed by atoms with van der Waals surface area (Å²) in [5.41, 5.74) is 9.18. The largest absolute Gasteiger partial charge is 0.397 e. The highest BCUT2D eigenvalue weighted by Gasteiger charge is 2.23. The van der Waals surface area contributed by atoms with E-state index in [2.05, 4.69) is 31.3 Å². The van der Waals surface area contributed by atoms with Crippen LogP contribution in [0, 0.1) is 12.8 Å². The summed E-state index contributed by atoms with van der Waals surface area (Å²) in [6, 6.07) is 6.78. The van der Waals surface area contributed by atoms with Gasteiger partial charge < -0.3 is 11.1 Å². The Morgan fingerprint density at radius 3 is 2.80 bits per heavy atom. The zero-order valence-electron chi connectivity index (χ0n) is 9.59. The van der Waals surface area contributed by atoms with Gasteiger partial charge in [0.2, 0.25) is 0 Å². The number of nitrogen functional groups attached to an aromatic ring is 1. The molecular formula is C13H20N2. The average Bonchev–Trinajstić information content (AvgIpc) is 2.58. The molecular weight excluding hydrogens is 184 g/mol. The van der Waals surface area contributed by atoms with Gasteiger partial charge in [-0.05, 0) is 43.4 Å². The monoisotopic (exact) mass is 204 g/mol. The van der Waals surface area contributed by atoms with Crippen molar-refractivity contribution in [2.45, 2.75) is 39.2 Å². The van der Waals surface area contributed by atoms with Crippen molar-refractivity contribution < 1.29 is 0 Å². The topological polar surface area (TPSA) is 38.0 Å². The second-order valence-electron chi connectivity index (χ2n) is 4.75. The van der Waals surface area contributed by atoms with E-state index in [1.165, 1.54) is 24.8 Å². The quantitative estimate of drug-likeness (QED) is 0.726. The van der Waals surface area contributed by atoms with Crippen molar-refractivity contribution >= 4 is 11.4 Å². The summed E-state index contributed by atoms with van der Waals surface area (Å²) in [5.74, 6) is 0.768. The van der Waals surface area contributed by atoms with Gasteiger partial charge in [0.1, 0.15) is 0 Å². The van der Waals surface area contributed by atoms with Gasteiger partial charge in [-0.3, -0.25) is 0 Å². The molecule has 0 aromatic heterocycles. The van der Waals surface area contributed by atoms with Crippen LogP contribution in [-0.4, -0.2) is 6.04 Å². The molecule has 1 saturated carbocycles. The number of hydrogen-bond acceptors (Lipinski definition) is 2. The Morgan fingerprint density at radius 2 is 2.13 bits per heavy atom. The maximum atomic E-state index is 5.95. The molecule has 2 atom stereocenters. The number of anilines is 2. The summed E-state index contributed by atoms with van der Waals surface area (Å²) in [5, 5.41) is 3.57. The van der Waals surface area contributed by atoms with E-state index in [9.17, 15) is 0 Å². The lowest BCUT2D eigenvalue weighted by Crippen LogP contribution is -2.22. The van der Waals surface area contributed by atoms with Gasteiger partial charge in [0, 0.05) is 6.04 Å². The summed E-state index contributed by atoms with van der Waals surface area (Å²) in [7, 11) is 0. The second kappa shape index (κ2) is 4.13. The van der Waals surface area contributed by atoms with Gasteiger partial charge in [0.15, 0.2) is 0 Å². The predicted octanol–water partition coefficient (Wildman–Crippen LogP) is 3.18. The highest BCUT2D eigenvalue weighted by molar-refractivity contribution is 5.67. The summed E-state index contributed by atoms with van der Waals surface area (Å²) in [4.78, 5) is 0. The van der Waals surface area contributed by atoms with Gasteiger partial charge in [0.05, 0.1) is 11.4 Å². The van der Waals surface area contributed by atoms with Gasteiger partial charge in [-0.15, -0.1) is 0 Å². The van der Waals surface area contributed by atoms with Gasteiger partial charge in [-0.25, -0.2) is 0 Å². The van der Waals surface area contributed by atoms with Crippen LogP contribution in [0.15, 0.2) is 18.2 Å². The predicted molar refractivity (Wildman–Crippen MR) is 66.0 cm³/mol. The molecule has 2 nitrogen and oxygen atoms in total. The highest BCUT2D eigenvalue weighted by Crippen LogP contribution is 2.30. The first kappa shape index (κ1) is 10.3. The smallest absolute Gasteiger partial charge is 0.0578 e. The standard InChI is InChI=1S/C13H20N2/c1-9-6-7-11(14)13(8-9)15-12-5-3-4-10(12)2/h6-8,10,12,15H,3-5,14H2,1-2H3. The Kier molecular flexibility index (Phi) is 2.85. The molecule has 1 fully saturated rings. The molecule has 82 valence electrons. The Bertz CT molecular complexity index is 346. The molecule has 0 aliphatic heterocycles. The molecule has 15 heavy (non-hydrogen) atoms. The average molecular weight is 204 g/mol. The molecule has 1 aromatic carbocycles. The van der Waals surface area contributed by atoms with E-state index < -0.39 is 0 Å². The van der Waals surface area contributed by atoms with E-state index in [-0.39, 0.29) is 0 Å². The van der Waals surface area contributed by atoms with Crippen LogP contribution in [0.2, 0.25) is 0 Å². The molecule has 1 aliphatic rings. The molecule has 0 heterocycles. The lowest BCUT2D eigenvalue weighted by atomic mass is 10.1. The van der Waals surface area contributed by atoms with Crippen molar-refractivity contribution in [1.29, 1.82) is 0 Å². The molecule has 3 N–H and O–H groups in total. The fourth-order valence-electron chi connectivity index (χ4n) is 2.35. The van der Waals surface area contributed by atoms with Crippen LogP contribution in [-0.2, 0) is 0 Å². The van der Waals surface area contributed by atoms with Gasteiger partial charge in [0.25, 0.3) is 0 Å². The third kappa shape index (κ3) is 2.25. The van der Waals surface area contributed by atoms with E-state index in [1.54, 1.807) is 0 Å². The Labute approximate surface area is 91.9 Å². The van der Waals surface area contributed by atoms with E-state index in [4.69, 9.17) is 5.73 Å². The zero-order valence-corrected chi connectivity index (χ0v) is 9.59. The molecule has 0 spiro atoms. The first-order valence-electron chi connectivity index (χ1n) is 5.79. The van der Waals surface area contributed by atoms with Gasteiger partial charge >= 0.3 is 0 Å². The minimum atomic E-state index is 0.606. The van der Waals surface area contributed by atoms with Crippen molar-refractivity contribution in [2.24, 2.45) is 5.92 Å². The van der Waals surface area contributed by atoms with Crippen LogP contribution in [0.4, 0.5) is 11.4 Å². The Hall–Kier alpha value is -1.18. The summed E-state index contributed by atoms with van der Waals surface area (Å²) in [6.45, 7) is 4.42. The first-order valence-corrected chi connectivity index (χ1v) is 5.79. The maximum Gasteiger partial charge on any atom is 0.0578 e. The molecule has 0 radical (unpaired) electrons. The van der Waals surface area contributed by atoms with Crippen LogP contribution >= 0.6 is 0 Å². The van der Waals surface area contributed by atoms with E-state index in [0.717, 1.165) is 17.3 Å². The summed E-state index contributed by atoms with van der Waals surface area (Å²) >= 11 is 0. The maximum absolute atomic E-state index is 5.95. The van der Waals surface area contributed by atoms with Crippen molar-refractivity contribution in [1.82, 2.24) is 0 Å². The van der Waals surface area contributed by atoms with E-state index >= 15 is 0 Å². The van der Waals surface area contributed by atoms with E-state index in [0.29, 0.717) is 6.04 Å². The molecule has 1 aliphatic carbocycles. The number of nitrogens with one attached hydrogen (secondary N) is 1. The molecule has 0 saturated heterocycles. The summed E-state index contributed by atoms with van der Waals surface area (Å²) < 4.78 is 0. The Morgan fingerprint density at radius 1 is 1.33 bits per heavy atom. The van der Waals surface area contributed by atoms with Gasteiger partial charge in [-0.2, -0.15) is 0 Å². The number of nitrogens with two attached hydrogens (primary N) is 1. The fourth-order valence-corrected chi connectivity index (χ4v) is 2.35. The van der Waals surface area contributed by atoms with Crippen LogP contribution < -0.4 is 11.1 Å². The highest BCUT2D eigenvalue weighted by atomic mass is 14.9. The lowest BCUT2D eigenvalue weighted by Gasteiger charge is -2.20. The first-order chi connectivity index (χ1) is 7.16. The molecule has 0 amide bonds. The third-order valence-electron chi connectivity index (χ3n) is 3.41. The second-order valence-corrected chi connectivity index (χ2v) is 4.75. The molecule has 0 bridgehead atoms. The van der Waals surface area contributed by atoms with Crippen LogP contribution in [0.5, 0.6) is 0 Å². The van der Waals surface area contributed by atoms with Crippen molar-refractivity contribution in [3.63, 3.8) is 0 Å². The lowest BCUT2D eigenvalue weighted by molar-refractivity contribution is 0.556. The molecule has 2 heteroatoms. The van der Waals surface area contributed by atoms with Crippen molar-refractivity contribution in [3.05, 3.63) is 23.8 Å². The minimum absolute atomic E-state index is 0.606. The normalized spacial score (nSPS) is 25.5. The number of benzene rings is 1. The van der Waals surface area contributed by atoms with Crippen LogP contribution in [0.1, 0.15) is 31.7 Å². The minimum Gasteiger partial charge on any atom is -0.397 e. The SMILES string of the molecule is Cc1ccc(N)c(NC2CCCC2C)c1. The number of hydrogen-bond donors (Lipinski definition) is 2.